The van der Waals surface area contributed by atoms with E-state index in [0.29, 0.717) is 5.69 Å². The highest BCUT2D eigenvalue weighted by Gasteiger charge is 2.05. The zero-order valence-corrected chi connectivity index (χ0v) is 10.1. The minimum absolute atomic E-state index is 0.258. The molecule has 0 aliphatic heterocycles. The SMILES string of the molecule is Nc1ccc(Nc2ccc(F)cc2)c2ncccc12. The molecule has 0 radical (unpaired) electrons. The van der Waals surface area contributed by atoms with Crippen LogP contribution < -0.4 is 11.1 Å². The molecule has 3 rings (SSSR count). The molecule has 19 heavy (non-hydrogen) atoms. The van der Waals surface area contributed by atoms with Crippen LogP contribution in [0.3, 0.4) is 0 Å². The van der Waals surface area contributed by atoms with Gasteiger partial charge < -0.3 is 11.1 Å². The molecule has 2 aromatic carbocycles. The third-order valence-electron chi connectivity index (χ3n) is 2.93. The monoisotopic (exact) mass is 253 g/mol. The molecule has 0 spiro atoms. The minimum atomic E-state index is -0.258. The van der Waals surface area contributed by atoms with Gasteiger partial charge in [-0.1, -0.05) is 0 Å². The molecule has 0 amide bonds. The molecule has 0 aliphatic rings. The molecule has 0 bridgehead atoms. The number of nitrogens with one attached hydrogen (secondary N) is 1. The van der Waals surface area contributed by atoms with Crippen LogP contribution in [0, 0.1) is 5.82 Å². The quantitative estimate of drug-likeness (QED) is 0.685. The van der Waals surface area contributed by atoms with Gasteiger partial charge in [0.15, 0.2) is 0 Å². The second kappa shape index (κ2) is 4.57. The lowest BCUT2D eigenvalue weighted by atomic mass is 10.1. The van der Waals surface area contributed by atoms with Crippen molar-refractivity contribution >= 4 is 28.0 Å². The molecular formula is C15H12FN3. The molecule has 94 valence electrons. The maximum absolute atomic E-state index is 12.9. The molecule has 0 fully saturated rings. The third-order valence-corrected chi connectivity index (χ3v) is 2.93. The molecule has 3 aromatic rings. The van der Waals surface area contributed by atoms with Crippen LogP contribution in [0.15, 0.2) is 54.7 Å². The van der Waals surface area contributed by atoms with Gasteiger partial charge in [0.1, 0.15) is 5.82 Å². The van der Waals surface area contributed by atoms with Crippen LogP contribution in [0.2, 0.25) is 0 Å². The number of anilines is 3. The summed E-state index contributed by atoms with van der Waals surface area (Å²) in [7, 11) is 0. The van der Waals surface area contributed by atoms with E-state index in [2.05, 4.69) is 10.3 Å². The van der Waals surface area contributed by atoms with Gasteiger partial charge in [-0.2, -0.15) is 0 Å². The van der Waals surface area contributed by atoms with Gasteiger partial charge in [0, 0.05) is 23.0 Å². The van der Waals surface area contributed by atoms with Gasteiger partial charge in [-0.05, 0) is 48.5 Å². The van der Waals surface area contributed by atoms with Gasteiger partial charge in [0.25, 0.3) is 0 Å². The van der Waals surface area contributed by atoms with Crippen LogP contribution in [0.4, 0.5) is 21.5 Å². The Labute approximate surface area is 109 Å². The minimum Gasteiger partial charge on any atom is -0.398 e. The van der Waals surface area contributed by atoms with Crippen molar-refractivity contribution in [2.24, 2.45) is 0 Å². The molecule has 3 N–H and O–H groups in total. The first-order valence-corrected chi connectivity index (χ1v) is 5.90. The average molecular weight is 253 g/mol. The molecular weight excluding hydrogens is 241 g/mol. The van der Waals surface area contributed by atoms with E-state index in [4.69, 9.17) is 5.73 Å². The number of nitrogens with zero attached hydrogens (tertiary/aromatic N) is 1. The van der Waals surface area contributed by atoms with Gasteiger partial charge >= 0.3 is 0 Å². The molecule has 0 unspecified atom stereocenters. The fourth-order valence-corrected chi connectivity index (χ4v) is 1.98. The molecule has 1 heterocycles. The average Bonchev–Trinajstić information content (AvgIpc) is 2.45. The van der Waals surface area contributed by atoms with E-state index in [1.54, 1.807) is 18.3 Å². The highest BCUT2D eigenvalue weighted by Crippen LogP contribution is 2.28. The highest BCUT2D eigenvalue weighted by molar-refractivity contribution is 5.99. The number of hydrogen-bond donors (Lipinski definition) is 2. The van der Waals surface area contributed by atoms with E-state index in [1.807, 2.05) is 24.3 Å². The van der Waals surface area contributed by atoms with Crippen LogP contribution in [0.5, 0.6) is 0 Å². The lowest BCUT2D eigenvalue weighted by Gasteiger charge is -2.10. The van der Waals surface area contributed by atoms with Gasteiger partial charge in [-0.15, -0.1) is 0 Å². The van der Waals surface area contributed by atoms with Crippen molar-refractivity contribution in [3.05, 3.63) is 60.5 Å². The number of benzene rings is 2. The maximum atomic E-state index is 12.9. The van der Waals surface area contributed by atoms with E-state index in [9.17, 15) is 4.39 Å². The Morgan fingerprint density at radius 3 is 2.58 bits per heavy atom. The summed E-state index contributed by atoms with van der Waals surface area (Å²) in [4.78, 5) is 4.34. The summed E-state index contributed by atoms with van der Waals surface area (Å²) in [6, 6.07) is 13.7. The number of rotatable bonds is 2. The predicted molar refractivity (Wildman–Crippen MR) is 75.8 cm³/mol. The van der Waals surface area contributed by atoms with Crippen LogP contribution in [0.25, 0.3) is 10.9 Å². The van der Waals surface area contributed by atoms with Gasteiger partial charge in [0.05, 0.1) is 11.2 Å². The van der Waals surface area contributed by atoms with E-state index in [0.717, 1.165) is 22.3 Å². The predicted octanol–water partition coefficient (Wildman–Crippen LogP) is 3.70. The summed E-state index contributed by atoms with van der Waals surface area (Å²) in [5.74, 6) is -0.258. The van der Waals surface area contributed by atoms with Gasteiger partial charge in [-0.25, -0.2) is 4.39 Å². The second-order valence-electron chi connectivity index (χ2n) is 4.23. The van der Waals surface area contributed by atoms with Crippen LogP contribution in [-0.2, 0) is 0 Å². The zero-order chi connectivity index (χ0) is 13.2. The van der Waals surface area contributed by atoms with Crippen molar-refractivity contribution in [2.45, 2.75) is 0 Å². The number of pyridine rings is 1. The lowest BCUT2D eigenvalue weighted by Crippen LogP contribution is -1.95. The van der Waals surface area contributed by atoms with Crippen molar-refractivity contribution in [1.29, 1.82) is 0 Å². The van der Waals surface area contributed by atoms with Crippen molar-refractivity contribution in [3.63, 3.8) is 0 Å². The van der Waals surface area contributed by atoms with E-state index >= 15 is 0 Å². The van der Waals surface area contributed by atoms with E-state index in [-0.39, 0.29) is 5.82 Å². The van der Waals surface area contributed by atoms with Crippen molar-refractivity contribution in [3.8, 4) is 0 Å². The van der Waals surface area contributed by atoms with Crippen molar-refractivity contribution in [2.75, 3.05) is 11.1 Å². The molecule has 4 heteroatoms. The first kappa shape index (κ1) is 11.5. The first-order chi connectivity index (χ1) is 9.24. The Hall–Kier alpha value is -2.62. The number of halogens is 1. The van der Waals surface area contributed by atoms with Crippen LogP contribution in [-0.4, -0.2) is 4.98 Å². The molecule has 3 nitrogen and oxygen atoms in total. The first-order valence-electron chi connectivity index (χ1n) is 5.90. The Kier molecular flexibility index (Phi) is 2.76. The van der Waals surface area contributed by atoms with E-state index in [1.165, 1.54) is 12.1 Å². The fraction of sp³-hybridized carbons (Fsp3) is 0. The second-order valence-corrected chi connectivity index (χ2v) is 4.23. The normalized spacial score (nSPS) is 10.6. The Morgan fingerprint density at radius 2 is 1.79 bits per heavy atom. The van der Waals surface area contributed by atoms with Crippen LogP contribution >= 0.6 is 0 Å². The summed E-state index contributed by atoms with van der Waals surface area (Å²) in [6.45, 7) is 0. The molecule has 0 saturated carbocycles. The highest BCUT2D eigenvalue weighted by atomic mass is 19.1. The number of aromatic nitrogens is 1. The maximum Gasteiger partial charge on any atom is 0.123 e. The Balaban J connectivity index is 2.06. The smallest absolute Gasteiger partial charge is 0.123 e. The Morgan fingerprint density at radius 1 is 1.00 bits per heavy atom. The summed E-state index contributed by atoms with van der Waals surface area (Å²) < 4.78 is 12.9. The number of nitrogens with two attached hydrogens (primary N) is 1. The topological polar surface area (TPSA) is 50.9 Å². The fourth-order valence-electron chi connectivity index (χ4n) is 1.98. The Bertz CT molecular complexity index is 723. The summed E-state index contributed by atoms with van der Waals surface area (Å²) >= 11 is 0. The summed E-state index contributed by atoms with van der Waals surface area (Å²) in [5.41, 5.74) is 9.05. The van der Waals surface area contributed by atoms with Crippen molar-refractivity contribution < 1.29 is 4.39 Å². The van der Waals surface area contributed by atoms with Crippen LogP contribution in [0.1, 0.15) is 0 Å². The molecule has 0 saturated heterocycles. The lowest BCUT2D eigenvalue weighted by molar-refractivity contribution is 0.628. The van der Waals surface area contributed by atoms with Gasteiger partial charge in [0.2, 0.25) is 0 Å². The van der Waals surface area contributed by atoms with Crippen molar-refractivity contribution in [1.82, 2.24) is 4.98 Å². The molecule has 0 atom stereocenters. The summed E-state index contributed by atoms with van der Waals surface area (Å²) in [6.07, 6.45) is 1.72. The number of hydrogen-bond acceptors (Lipinski definition) is 3. The standard InChI is InChI=1S/C15H12FN3/c16-10-3-5-11(6-4-10)19-14-8-7-13(17)12-2-1-9-18-15(12)14/h1-9,19H,17H2. The molecule has 0 aliphatic carbocycles. The van der Waals surface area contributed by atoms with Gasteiger partial charge in [-0.3, -0.25) is 4.98 Å². The number of nitrogen functional groups attached to an aromatic ring is 1. The summed E-state index contributed by atoms with van der Waals surface area (Å²) in [5, 5.41) is 4.11. The van der Waals surface area contributed by atoms with E-state index < -0.39 is 0 Å². The zero-order valence-electron chi connectivity index (χ0n) is 10.1. The third kappa shape index (κ3) is 2.20. The number of fused-ring (bicyclic) bond motifs is 1. The largest absolute Gasteiger partial charge is 0.398 e. The molecule has 1 aromatic heterocycles.